The van der Waals surface area contributed by atoms with Gasteiger partial charge >= 0.3 is 0 Å². The molecule has 0 heterocycles. The van der Waals surface area contributed by atoms with E-state index in [1.165, 1.54) is 0 Å². The predicted octanol–water partition coefficient (Wildman–Crippen LogP) is 2.38. The lowest BCUT2D eigenvalue weighted by molar-refractivity contribution is -0.120. The highest BCUT2D eigenvalue weighted by Gasteiger charge is 2.07. The summed E-state index contributed by atoms with van der Waals surface area (Å²) in [5, 5.41) is 9.04. The van der Waals surface area contributed by atoms with Crippen LogP contribution in [0.2, 0.25) is 0 Å². The molecule has 0 radical (unpaired) electrons. The number of nitrogens with zero attached hydrogens (tertiary/aromatic N) is 2. The summed E-state index contributed by atoms with van der Waals surface area (Å²) >= 11 is 0. The molecule has 2 aromatic rings. The molecule has 0 bridgehead atoms. The minimum absolute atomic E-state index is 0. The third-order valence-corrected chi connectivity index (χ3v) is 4.12. The van der Waals surface area contributed by atoms with Gasteiger partial charge in [-0.15, -0.1) is 24.0 Å². The summed E-state index contributed by atoms with van der Waals surface area (Å²) in [6.07, 6.45) is 0. The second-order valence-corrected chi connectivity index (χ2v) is 6.71. The Morgan fingerprint density at radius 1 is 0.900 bits per heavy atom. The van der Waals surface area contributed by atoms with E-state index in [0.29, 0.717) is 31.2 Å². The van der Waals surface area contributed by atoms with Crippen molar-refractivity contribution >= 4 is 41.8 Å². The number of guanidine groups is 1. The molecule has 0 unspecified atom stereocenters. The minimum atomic E-state index is -0.106. The molecule has 30 heavy (non-hydrogen) atoms. The number of carbonyl (C=O) groups excluding carboxylic acids is 2. The SMILES string of the molecule is CCNC(=NCc1ccc(C(=O)N(C)C)cc1)NCC(=O)NCc1ccccc1.I. The summed E-state index contributed by atoms with van der Waals surface area (Å²) in [5.74, 6) is 0.429. The van der Waals surface area contributed by atoms with Crippen LogP contribution < -0.4 is 16.0 Å². The van der Waals surface area contributed by atoms with Crippen LogP contribution in [0.25, 0.3) is 0 Å². The smallest absolute Gasteiger partial charge is 0.253 e. The first-order valence-electron chi connectivity index (χ1n) is 9.63. The molecule has 0 aliphatic carbocycles. The Balaban J connectivity index is 0.00000450. The molecule has 162 valence electrons. The van der Waals surface area contributed by atoms with E-state index in [-0.39, 0.29) is 42.3 Å². The van der Waals surface area contributed by atoms with Crippen molar-refractivity contribution in [3.05, 3.63) is 71.3 Å². The van der Waals surface area contributed by atoms with Crippen molar-refractivity contribution in [2.75, 3.05) is 27.2 Å². The van der Waals surface area contributed by atoms with Gasteiger partial charge in [-0.05, 0) is 30.2 Å². The molecule has 0 saturated carbocycles. The molecule has 0 saturated heterocycles. The maximum atomic E-state index is 12.1. The van der Waals surface area contributed by atoms with Gasteiger partial charge in [0.15, 0.2) is 5.96 Å². The first kappa shape index (κ1) is 25.4. The maximum Gasteiger partial charge on any atom is 0.253 e. The molecule has 2 aromatic carbocycles. The molecule has 7 nitrogen and oxygen atoms in total. The number of hydrogen-bond donors (Lipinski definition) is 3. The quantitative estimate of drug-likeness (QED) is 0.282. The van der Waals surface area contributed by atoms with Gasteiger partial charge in [0, 0.05) is 32.7 Å². The third kappa shape index (κ3) is 8.81. The first-order chi connectivity index (χ1) is 14.0. The number of hydrogen-bond acceptors (Lipinski definition) is 3. The van der Waals surface area contributed by atoms with Crippen LogP contribution in [0.1, 0.15) is 28.4 Å². The monoisotopic (exact) mass is 523 g/mol. The van der Waals surface area contributed by atoms with E-state index in [4.69, 9.17) is 0 Å². The maximum absolute atomic E-state index is 12.1. The summed E-state index contributed by atoms with van der Waals surface area (Å²) in [5.41, 5.74) is 2.67. The average Bonchev–Trinajstić information content (AvgIpc) is 2.74. The second-order valence-electron chi connectivity index (χ2n) is 6.71. The Labute approximate surface area is 195 Å². The Kier molecular flexibility index (Phi) is 11.5. The Morgan fingerprint density at radius 3 is 2.17 bits per heavy atom. The number of rotatable bonds is 8. The highest BCUT2D eigenvalue weighted by atomic mass is 127. The lowest BCUT2D eigenvalue weighted by Gasteiger charge is -2.12. The Morgan fingerprint density at radius 2 is 1.57 bits per heavy atom. The van der Waals surface area contributed by atoms with Crippen molar-refractivity contribution < 1.29 is 9.59 Å². The van der Waals surface area contributed by atoms with Gasteiger partial charge in [-0.3, -0.25) is 9.59 Å². The fourth-order valence-electron chi connectivity index (χ4n) is 2.55. The number of benzene rings is 2. The van der Waals surface area contributed by atoms with Gasteiger partial charge in [0.1, 0.15) is 0 Å². The third-order valence-electron chi connectivity index (χ3n) is 4.12. The highest BCUT2D eigenvalue weighted by molar-refractivity contribution is 14.0. The molecule has 2 rings (SSSR count). The Hall–Kier alpha value is -2.62. The van der Waals surface area contributed by atoms with Crippen molar-refractivity contribution in [3.8, 4) is 0 Å². The van der Waals surface area contributed by atoms with Gasteiger partial charge in [0.25, 0.3) is 5.91 Å². The molecule has 0 spiro atoms. The van der Waals surface area contributed by atoms with Crippen LogP contribution >= 0.6 is 24.0 Å². The summed E-state index contributed by atoms with van der Waals surface area (Å²) in [7, 11) is 3.45. The van der Waals surface area contributed by atoms with Crippen LogP contribution in [-0.2, 0) is 17.9 Å². The van der Waals surface area contributed by atoms with Crippen molar-refractivity contribution in [1.29, 1.82) is 0 Å². The zero-order valence-electron chi connectivity index (χ0n) is 17.6. The molecular weight excluding hydrogens is 493 g/mol. The highest BCUT2D eigenvalue weighted by Crippen LogP contribution is 2.07. The number of amides is 2. The predicted molar refractivity (Wildman–Crippen MR) is 131 cm³/mol. The van der Waals surface area contributed by atoms with Gasteiger partial charge in [0.2, 0.25) is 5.91 Å². The standard InChI is InChI=1S/C22H29N5O2.HI/c1-4-23-22(26-16-20(28)24-14-17-8-6-5-7-9-17)25-15-18-10-12-19(13-11-18)21(29)27(2)3;/h5-13H,4,14-16H2,1-3H3,(H,24,28)(H2,23,25,26);1H. The molecule has 8 heteroatoms. The van der Waals surface area contributed by atoms with E-state index in [0.717, 1.165) is 11.1 Å². The summed E-state index contributed by atoms with van der Waals surface area (Å²) in [4.78, 5) is 30.1. The van der Waals surface area contributed by atoms with Crippen molar-refractivity contribution in [2.24, 2.45) is 4.99 Å². The zero-order valence-corrected chi connectivity index (χ0v) is 20.0. The molecule has 0 atom stereocenters. The molecule has 0 fully saturated rings. The summed E-state index contributed by atoms with van der Waals surface area (Å²) < 4.78 is 0. The number of carbonyl (C=O) groups is 2. The normalized spacial score (nSPS) is 10.6. The van der Waals surface area contributed by atoms with E-state index in [9.17, 15) is 9.59 Å². The molecular formula is C22H30IN5O2. The van der Waals surface area contributed by atoms with Gasteiger partial charge in [-0.2, -0.15) is 0 Å². The van der Waals surface area contributed by atoms with Gasteiger partial charge in [0.05, 0.1) is 13.1 Å². The largest absolute Gasteiger partial charge is 0.357 e. The number of halogens is 1. The lowest BCUT2D eigenvalue weighted by Crippen LogP contribution is -2.43. The second kappa shape index (κ2) is 13.6. The number of aliphatic imine (C=N–C) groups is 1. The average molecular weight is 523 g/mol. The van der Waals surface area contributed by atoms with Crippen molar-refractivity contribution in [3.63, 3.8) is 0 Å². The topological polar surface area (TPSA) is 85.8 Å². The minimum Gasteiger partial charge on any atom is -0.357 e. The van der Waals surface area contributed by atoms with Crippen molar-refractivity contribution in [1.82, 2.24) is 20.9 Å². The van der Waals surface area contributed by atoms with Gasteiger partial charge in [-0.1, -0.05) is 42.5 Å². The van der Waals surface area contributed by atoms with E-state index in [1.807, 2.05) is 49.4 Å². The van der Waals surface area contributed by atoms with Crippen LogP contribution in [-0.4, -0.2) is 49.9 Å². The van der Waals surface area contributed by atoms with E-state index in [2.05, 4.69) is 20.9 Å². The zero-order chi connectivity index (χ0) is 21.1. The van der Waals surface area contributed by atoms with Crippen molar-refractivity contribution in [2.45, 2.75) is 20.0 Å². The first-order valence-corrected chi connectivity index (χ1v) is 9.63. The fourth-order valence-corrected chi connectivity index (χ4v) is 2.55. The van der Waals surface area contributed by atoms with E-state index >= 15 is 0 Å². The molecule has 0 aromatic heterocycles. The van der Waals surface area contributed by atoms with E-state index in [1.54, 1.807) is 31.1 Å². The molecule has 0 aliphatic heterocycles. The van der Waals surface area contributed by atoms with E-state index < -0.39 is 0 Å². The lowest BCUT2D eigenvalue weighted by atomic mass is 10.1. The van der Waals surface area contributed by atoms with Gasteiger partial charge < -0.3 is 20.9 Å². The van der Waals surface area contributed by atoms with Crippen LogP contribution in [0, 0.1) is 0 Å². The number of nitrogens with one attached hydrogen (secondary N) is 3. The molecule has 3 N–H and O–H groups in total. The molecule has 0 aliphatic rings. The van der Waals surface area contributed by atoms with Crippen LogP contribution in [0.5, 0.6) is 0 Å². The molecule has 2 amide bonds. The van der Waals surface area contributed by atoms with Gasteiger partial charge in [-0.25, -0.2) is 4.99 Å². The Bertz CT molecular complexity index is 823. The summed E-state index contributed by atoms with van der Waals surface area (Å²) in [6, 6.07) is 17.1. The fraction of sp³-hybridized carbons (Fsp3) is 0.318. The van der Waals surface area contributed by atoms with Crippen LogP contribution in [0.15, 0.2) is 59.6 Å². The van der Waals surface area contributed by atoms with Crippen LogP contribution in [0.3, 0.4) is 0 Å². The summed E-state index contributed by atoms with van der Waals surface area (Å²) in [6.45, 7) is 3.72. The van der Waals surface area contributed by atoms with Crippen LogP contribution in [0.4, 0.5) is 0 Å².